The Morgan fingerprint density at radius 1 is 1.38 bits per heavy atom. The lowest BCUT2D eigenvalue weighted by molar-refractivity contribution is -0.138. The molecule has 0 N–H and O–H groups in total. The van der Waals surface area contributed by atoms with Crippen molar-refractivity contribution in [2.24, 2.45) is 0 Å². The smallest absolute Gasteiger partial charge is 0.423 e. The minimum Gasteiger partial charge on any atom is -0.464 e. The van der Waals surface area contributed by atoms with Crippen LogP contribution in [0.4, 0.5) is 17.6 Å². The topological polar surface area (TPSA) is 27.1 Å². The van der Waals surface area contributed by atoms with E-state index in [1.807, 2.05) is 0 Å². The second-order valence-corrected chi connectivity index (χ2v) is 4.27. The van der Waals surface area contributed by atoms with Gasteiger partial charge in [-0.1, -0.05) is 17.5 Å². The number of halogens is 5. The Morgan fingerprint density at radius 3 is 2.67 bits per heavy atom. The molecule has 8 heteroatoms. The predicted molar refractivity (Wildman–Crippen MR) is 67.9 cm³/mol. The number of benzene rings is 1. The van der Waals surface area contributed by atoms with E-state index in [1.165, 1.54) is 6.07 Å². The molecule has 0 saturated carbocycles. The van der Waals surface area contributed by atoms with Gasteiger partial charge in [0.15, 0.2) is 6.61 Å². The van der Waals surface area contributed by atoms with Crippen molar-refractivity contribution in [3.63, 3.8) is 0 Å². The fraction of sp³-hybridized carbons (Fsp3) is 0.154. The Morgan fingerprint density at radius 2 is 2.10 bits per heavy atom. The van der Waals surface area contributed by atoms with Gasteiger partial charge < -0.3 is 4.74 Å². The van der Waals surface area contributed by atoms with Crippen LogP contribution in [0.2, 0.25) is 5.02 Å². The van der Waals surface area contributed by atoms with Crippen molar-refractivity contribution < 1.29 is 22.3 Å². The molecule has 1 aromatic carbocycles. The Kier molecular flexibility index (Phi) is 4.09. The Hall–Kier alpha value is -2.20. The lowest BCUT2D eigenvalue weighted by Gasteiger charge is -2.11. The summed E-state index contributed by atoms with van der Waals surface area (Å²) in [6, 6.07) is 3.36. The summed E-state index contributed by atoms with van der Waals surface area (Å²) in [5.41, 5.74) is -0.970. The molecule has 0 spiro atoms. The molecule has 0 atom stereocenters. The zero-order valence-electron chi connectivity index (χ0n) is 10.3. The third kappa shape index (κ3) is 3.11. The van der Waals surface area contributed by atoms with E-state index < -0.39 is 23.4 Å². The molecule has 1 heterocycles. The molecule has 0 radical (unpaired) electrons. The summed E-state index contributed by atoms with van der Waals surface area (Å²) in [5.74, 6) is 0.787. The summed E-state index contributed by atoms with van der Waals surface area (Å²) >= 11 is 5.61. The van der Waals surface area contributed by atoms with Gasteiger partial charge in [-0.05, 0) is 18.2 Å². The summed E-state index contributed by atoms with van der Waals surface area (Å²) in [6.45, 7) is -0.371. The molecule has 0 bridgehead atoms. The highest BCUT2D eigenvalue weighted by Gasteiger charge is 2.38. The van der Waals surface area contributed by atoms with Gasteiger partial charge in [-0.15, -0.1) is 6.42 Å². The van der Waals surface area contributed by atoms with Crippen LogP contribution in [0.5, 0.6) is 5.88 Å². The average Bonchev–Trinajstić information content (AvgIpc) is 2.83. The molecule has 0 saturated heterocycles. The third-order valence-corrected chi connectivity index (χ3v) is 2.76. The SMILES string of the molecule is C#CCOc1c(C(F)(F)F)cnn1-c1ccc(F)c(Cl)c1. The largest absolute Gasteiger partial charge is 0.464 e. The highest BCUT2D eigenvalue weighted by molar-refractivity contribution is 6.30. The van der Waals surface area contributed by atoms with Gasteiger partial charge >= 0.3 is 6.18 Å². The second-order valence-electron chi connectivity index (χ2n) is 3.86. The molecule has 0 aliphatic heterocycles. The van der Waals surface area contributed by atoms with Crippen molar-refractivity contribution in [3.05, 3.63) is 40.8 Å². The van der Waals surface area contributed by atoms with Crippen LogP contribution in [0.1, 0.15) is 5.56 Å². The molecule has 3 nitrogen and oxygen atoms in total. The number of rotatable bonds is 3. The van der Waals surface area contributed by atoms with Crippen molar-refractivity contribution >= 4 is 11.6 Å². The molecular formula is C13H7ClF4N2O. The van der Waals surface area contributed by atoms with Crippen LogP contribution in [-0.4, -0.2) is 16.4 Å². The fourth-order valence-electron chi connectivity index (χ4n) is 1.58. The summed E-state index contributed by atoms with van der Waals surface area (Å²) in [5, 5.41) is 3.35. The minimum atomic E-state index is -4.66. The van der Waals surface area contributed by atoms with Gasteiger partial charge in [-0.2, -0.15) is 18.3 Å². The molecule has 110 valence electrons. The monoisotopic (exact) mass is 318 g/mol. The van der Waals surface area contributed by atoms with Crippen LogP contribution in [0.3, 0.4) is 0 Å². The highest BCUT2D eigenvalue weighted by Crippen LogP contribution is 2.37. The van der Waals surface area contributed by atoms with Crippen molar-refractivity contribution in [2.75, 3.05) is 6.61 Å². The molecule has 0 fully saturated rings. The molecule has 21 heavy (non-hydrogen) atoms. The summed E-state index contributed by atoms with van der Waals surface area (Å²) in [7, 11) is 0. The lowest BCUT2D eigenvalue weighted by Crippen LogP contribution is -2.10. The molecule has 0 unspecified atom stereocenters. The number of aromatic nitrogens is 2. The van der Waals surface area contributed by atoms with Gasteiger partial charge in [0, 0.05) is 0 Å². The quantitative estimate of drug-likeness (QED) is 0.637. The Labute approximate surface area is 122 Å². The molecular weight excluding hydrogens is 312 g/mol. The fourth-order valence-corrected chi connectivity index (χ4v) is 1.76. The zero-order valence-corrected chi connectivity index (χ0v) is 11.0. The van der Waals surface area contributed by atoms with Gasteiger partial charge in [0.1, 0.15) is 11.4 Å². The third-order valence-electron chi connectivity index (χ3n) is 2.47. The number of hydrogen-bond donors (Lipinski definition) is 0. The first kappa shape index (κ1) is 15.2. The van der Waals surface area contributed by atoms with E-state index in [0.717, 1.165) is 16.8 Å². The number of terminal acetylenes is 1. The summed E-state index contributed by atoms with van der Waals surface area (Å²) in [4.78, 5) is 0. The number of alkyl halides is 3. The van der Waals surface area contributed by atoms with Crippen LogP contribution >= 0.6 is 11.6 Å². The lowest BCUT2D eigenvalue weighted by atomic mass is 10.3. The number of hydrogen-bond acceptors (Lipinski definition) is 2. The Bertz CT molecular complexity index is 703. The van der Waals surface area contributed by atoms with E-state index in [-0.39, 0.29) is 17.3 Å². The van der Waals surface area contributed by atoms with E-state index in [0.29, 0.717) is 6.20 Å². The number of ether oxygens (including phenoxy) is 1. The maximum absolute atomic E-state index is 13.1. The summed E-state index contributed by atoms with van der Waals surface area (Å²) < 4.78 is 57.5. The van der Waals surface area contributed by atoms with Crippen LogP contribution in [-0.2, 0) is 6.18 Å². The van der Waals surface area contributed by atoms with Crippen molar-refractivity contribution in [2.45, 2.75) is 6.18 Å². The first-order valence-electron chi connectivity index (χ1n) is 5.51. The van der Waals surface area contributed by atoms with Gasteiger partial charge in [0.2, 0.25) is 5.88 Å². The van der Waals surface area contributed by atoms with Crippen LogP contribution < -0.4 is 4.74 Å². The molecule has 1 aromatic heterocycles. The predicted octanol–water partition coefficient (Wildman–Crippen LogP) is 3.70. The minimum absolute atomic E-state index is 0.115. The van der Waals surface area contributed by atoms with Gasteiger partial charge in [0.25, 0.3) is 0 Å². The van der Waals surface area contributed by atoms with Crippen molar-refractivity contribution in [1.82, 2.24) is 9.78 Å². The molecule has 0 aliphatic carbocycles. The first-order valence-corrected chi connectivity index (χ1v) is 5.89. The van der Waals surface area contributed by atoms with Crippen LogP contribution in [0.15, 0.2) is 24.4 Å². The van der Waals surface area contributed by atoms with Crippen LogP contribution in [0, 0.1) is 18.2 Å². The van der Waals surface area contributed by atoms with Crippen molar-refractivity contribution in [1.29, 1.82) is 0 Å². The number of nitrogens with zero attached hydrogens (tertiary/aromatic N) is 2. The molecule has 0 aliphatic rings. The average molecular weight is 319 g/mol. The van der Waals surface area contributed by atoms with E-state index in [9.17, 15) is 17.6 Å². The summed E-state index contributed by atoms with van der Waals surface area (Å²) in [6.07, 6.45) is 0.920. The van der Waals surface area contributed by atoms with E-state index in [4.69, 9.17) is 22.8 Å². The second kappa shape index (κ2) is 5.66. The van der Waals surface area contributed by atoms with Crippen LogP contribution in [0.25, 0.3) is 5.69 Å². The van der Waals surface area contributed by atoms with Crippen molar-refractivity contribution in [3.8, 4) is 23.9 Å². The standard InChI is InChI=1S/C13H7ClF4N2O/c1-2-5-21-12-9(13(16,17)18)7-19-20(12)8-3-4-11(15)10(14)6-8/h1,3-4,6-7H,5H2. The maximum atomic E-state index is 13.1. The first-order chi connectivity index (χ1) is 9.84. The van der Waals surface area contributed by atoms with Gasteiger partial charge in [0.05, 0.1) is 16.9 Å². The zero-order chi connectivity index (χ0) is 15.6. The van der Waals surface area contributed by atoms with E-state index >= 15 is 0 Å². The Balaban J connectivity index is 2.55. The molecule has 0 amide bonds. The van der Waals surface area contributed by atoms with Gasteiger partial charge in [-0.25, -0.2) is 9.07 Å². The van der Waals surface area contributed by atoms with E-state index in [1.54, 1.807) is 0 Å². The maximum Gasteiger partial charge on any atom is 0.423 e. The molecule has 2 rings (SSSR count). The van der Waals surface area contributed by atoms with E-state index in [2.05, 4.69) is 11.0 Å². The van der Waals surface area contributed by atoms with Gasteiger partial charge in [-0.3, -0.25) is 0 Å². The molecule has 2 aromatic rings. The highest BCUT2D eigenvalue weighted by atomic mass is 35.5. The normalized spacial score (nSPS) is 11.2.